The smallest absolute Gasteiger partial charge is 0.415 e. The number of carbonyl (C=O) groups excluding carboxylic acids is 2. The first kappa shape index (κ1) is 20.8. The van der Waals surface area contributed by atoms with Crippen molar-refractivity contribution in [2.45, 2.75) is 18.1 Å². The van der Waals surface area contributed by atoms with Crippen LogP contribution in [0.25, 0.3) is 6.08 Å². The van der Waals surface area contributed by atoms with Gasteiger partial charge in [-0.2, -0.15) is 0 Å². The molecule has 2 saturated heterocycles. The van der Waals surface area contributed by atoms with Crippen molar-refractivity contribution < 1.29 is 19.1 Å². The highest BCUT2D eigenvalue weighted by atomic mass is 16.6. The maximum atomic E-state index is 12.9. The van der Waals surface area contributed by atoms with E-state index in [1.807, 2.05) is 91.0 Å². The summed E-state index contributed by atoms with van der Waals surface area (Å²) in [7, 11) is 0. The molecule has 2 aliphatic heterocycles. The van der Waals surface area contributed by atoms with Gasteiger partial charge in [-0.25, -0.2) is 9.59 Å². The molecule has 5 rings (SSSR count). The Hall–Kier alpha value is -4.06. The monoisotopic (exact) mass is 440 g/mol. The second-order valence-corrected chi connectivity index (χ2v) is 8.07. The van der Waals surface area contributed by atoms with E-state index in [1.54, 1.807) is 21.9 Å². The van der Waals surface area contributed by atoms with E-state index < -0.39 is 6.09 Å². The molecule has 0 radical (unpaired) electrons. The lowest BCUT2D eigenvalue weighted by Crippen LogP contribution is -2.68. The zero-order valence-corrected chi connectivity index (χ0v) is 18.0. The molecule has 0 bridgehead atoms. The van der Waals surface area contributed by atoms with Gasteiger partial charge in [0.2, 0.25) is 0 Å². The van der Waals surface area contributed by atoms with Crippen LogP contribution < -0.4 is 4.74 Å². The highest BCUT2D eigenvalue weighted by molar-refractivity contribution is 5.76. The van der Waals surface area contributed by atoms with Gasteiger partial charge >= 0.3 is 12.2 Å². The maximum absolute atomic E-state index is 12.9. The molecule has 2 fully saturated rings. The SMILES string of the molecule is O=C(Oc1ccccc1)N1C[C@H](N2C(=O)OC[C@@H]2c2ccccc2)[C@H]1/C=C/c1ccccc1. The molecule has 3 aromatic carbocycles. The number of carbonyl (C=O) groups is 2. The van der Waals surface area contributed by atoms with Gasteiger partial charge in [-0.15, -0.1) is 0 Å². The normalized spacial score (nSPS) is 22.2. The predicted octanol–water partition coefficient (Wildman–Crippen LogP) is 5.15. The number of amides is 2. The van der Waals surface area contributed by atoms with Crippen LogP contribution in [0.2, 0.25) is 0 Å². The molecular formula is C27H24N2O4. The van der Waals surface area contributed by atoms with E-state index in [1.165, 1.54) is 0 Å². The third kappa shape index (κ3) is 4.32. The van der Waals surface area contributed by atoms with E-state index in [0.29, 0.717) is 18.9 Å². The van der Waals surface area contributed by atoms with Crippen molar-refractivity contribution >= 4 is 18.3 Å². The van der Waals surface area contributed by atoms with E-state index in [-0.39, 0.29) is 24.2 Å². The minimum absolute atomic E-state index is 0.191. The van der Waals surface area contributed by atoms with Crippen LogP contribution in [0.4, 0.5) is 9.59 Å². The van der Waals surface area contributed by atoms with Gasteiger partial charge in [-0.3, -0.25) is 9.80 Å². The first-order valence-electron chi connectivity index (χ1n) is 11.0. The van der Waals surface area contributed by atoms with E-state index in [2.05, 4.69) is 0 Å². The zero-order valence-electron chi connectivity index (χ0n) is 18.0. The molecular weight excluding hydrogens is 416 g/mol. The number of cyclic esters (lactones) is 1. The molecule has 0 unspecified atom stereocenters. The summed E-state index contributed by atoms with van der Waals surface area (Å²) >= 11 is 0. The van der Waals surface area contributed by atoms with Crippen LogP contribution >= 0.6 is 0 Å². The molecule has 0 aliphatic carbocycles. The van der Waals surface area contributed by atoms with Crippen molar-refractivity contribution in [2.24, 2.45) is 0 Å². The average molecular weight is 440 g/mol. The molecule has 166 valence electrons. The summed E-state index contributed by atoms with van der Waals surface area (Å²) < 4.78 is 11.0. The number of para-hydroxylation sites is 1. The van der Waals surface area contributed by atoms with E-state index >= 15 is 0 Å². The molecule has 6 heteroatoms. The fourth-order valence-corrected chi connectivity index (χ4v) is 4.33. The summed E-state index contributed by atoms with van der Waals surface area (Å²) in [5.41, 5.74) is 2.03. The van der Waals surface area contributed by atoms with E-state index in [9.17, 15) is 9.59 Å². The van der Waals surface area contributed by atoms with Crippen LogP contribution in [0.15, 0.2) is 97.1 Å². The molecule has 0 saturated carbocycles. The number of benzene rings is 3. The Bertz CT molecular complexity index is 1130. The maximum Gasteiger partial charge on any atom is 0.415 e. The summed E-state index contributed by atoms with van der Waals surface area (Å²) in [6.07, 6.45) is 3.13. The van der Waals surface area contributed by atoms with Gasteiger partial charge in [0.1, 0.15) is 12.4 Å². The Kier molecular flexibility index (Phi) is 5.81. The van der Waals surface area contributed by atoms with Gasteiger partial charge in [0, 0.05) is 6.54 Å². The van der Waals surface area contributed by atoms with Gasteiger partial charge < -0.3 is 9.47 Å². The summed E-state index contributed by atoms with van der Waals surface area (Å²) in [5, 5.41) is 0. The second kappa shape index (κ2) is 9.20. The third-order valence-corrected chi connectivity index (χ3v) is 6.06. The number of ether oxygens (including phenoxy) is 2. The van der Waals surface area contributed by atoms with Crippen LogP contribution in [0.5, 0.6) is 5.75 Å². The van der Waals surface area contributed by atoms with Gasteiger partial charge in [0.25, 0.3) is 0 Å². The molecule has 2 aliphatic rings. The Morgan fingerprint density at radius 2 is 1.55 bits per heavy atom. The Morgan fingerprint density at radius 1 is 0.909 bits per heavy atom. The lowest BCUT2D eigenvalue weighted by molar-refractivity contribution is 0.0162. The molecule has 2 heterocycles. The van der Waals surface area contributed by atoms with Crippen molar-refractivity contribution in [2.75, 3.05) is 13.2 Å². The number of nitrogens with zero attached hydrogens (tertiary/aromatic N) is 2. The summed E-state index contributed by atoms with van der Waals surface area (Å²) in [6.45, 7) is 0.664. The number of hydrogen-bond donors (Lipinski definition) is 0. The van der Waals surface area contributed by atoms with Gasteiger partial charge in [-0.05, 0) is 23.3 Å². The van der Waals surface area contributed by atoms with Gasteiger partial charge in [0.15, 0.2) is 0 Å². The summed E-state index contributed by atoms with van der Waals surface area (Å²) in [4.78, 5) is 29.1. The lowest BCUT2D eigenvalue weighted by atomic mass is 9.92. The Balaban J connectivity index is 1.40. The summed E-state index contributed by atoms with van der Waals surface area (Å²) in [5.74, 6) is 0.486. The van der Waals surface area contributed by atoms with Gasteiger partial charge in [0.05, 0.1) is 18.1 Å². The first-order valence-corrected chi connectivity index (χ1v) is 11.0. The number of likely N-dealkylation sites (tertiary alicyclic amines) is 1. The molecule has 6 nitrogen and oxygen atoms in total. The number of rotatable bonds is 5. The Morgan fingerprint density at radius 3 is 2.24 bits per heavy atom. The third-order valence-electron chi connectivity index (χ3n) is 6.06. The van der Waals surface area contributed by atoms with Crippen LogP contribution in [-0.2, 0) is 4.74 Å². The molecule has 2 amide bonds. The average Bonchev–Trinajstić information content (AvgIpc) is 3.21. The van der Waals surface area contributed by atoms with Crippen LogP contribution in [0.1, 0.15) is 17.2 Å². The Labute approximate surface area is 192 Å². The highest BCUT2D eigenvalue weighted by Crippen LogP contribution is 2.36. The fourth-order valence-electron chi connectivity index (χ4n) is 4.33. The summed E-state index contributed by atoms with van der Waals surface area (Å²) in [6, 6.07) is 28.0. The lowest BCUT2D eigenvalue weighted by Gasteiger charge is -2.49. The highest BCUT2D eigenvalue weighted by Gasteiger charge is 2.51. The minimum atomic E-state index is -0.441. The first-order chi connectivity index (χ1) is 16.2. The molecule has 0 spiro atoms. The predicted molar refractivity (Wildman–Crippen MR) is 125 cm³/mol. The molecule has 0 aromatic heterocycles. The van der Waals surface area contributed by atoms with Crippen LogP contribution in [0, 0.1) is 0 Å². The van der Waals surface area contributed by atoms with E-state index in [4.69, 9.17) is 9.47 Å². The fraction of sp³-hybridized carbons (Fsp3) is 0.185. The van der Waals surface area contributed by atoms with Crippen molar-refractivity contribution in [1.29, 1.82) is 0 Å². The zero-order chi connectivity index (χ0) is 22.6. The molecule has 3 atom stereocenters. The van der Waals surface area contributed by atoms with Crippen molar-refractivity contribution in [3.63, 3.8) is 0 Å². The van der Waals surface area contributed by atoms with E-state index in [0.717, 1.165) is 11.1 Å². The standard InChI is InChI=1S/C27H24N2O4/c30-26(33-22-14-8-3-9-15-22)28-18-24(23(28)17-16-20-10-4-1-5-11-20)29-25(19-32-27(29)31)21-12-6-2-7-13-21/h1-17,23-25H,18-19H2/b17-16+/t23-,24+,25-/m1/s1. The molecule has 33 heavy (non-hydrogen) atoms. The largest absolute Gasteiger partial charge is 0.447 e. The number of hydrogen-bond acceptors (Lipinski definition) is 4. The molecule has 3 aromatic rings. The van der Waals surface area contributed by atoms with Crippen LogP contribution in [-0.4, -0.2) is 47.2 Å². The minimum Gasteiger partial charge on any atom is -0.447 e. The van der Waals surface area contributed by atoms with Crippen LogP contribution in [0.3, 0.4) is 0 Å². The van der Waals surface area contributed by atoms with Gasteiger partial charge in [-0.1, -0.05) is 91.0 Å². The van der Waals surface area contributed by atoms with Crippen molar-refractivity contribution in [3.8, 4) is 5.75 Å². The topological polar surface area (TPSA) is 59.1 Å². The van der Waals surface area contributed by atoms with Crippen molar-refractivity contribution in [1.82, 2.24) is 9.80 Å². The quantitative estimate of drug-likeness (QED) is 0.551. The molecule has 0 N–H and O–H groups in total. The second-order valence-electron chi connectivity index (χ2n) is 8.07. The van der Waals surface area contributed by atoms with Crippen molar-refractivity contribution in [3.05, 3.63) is 108 Å².